The summed E-state index contributed by atoms with van der Waals surface area (Å²) < 4.78 is 23.9. The summed E-state index contributed by atoms with van der Waals surface area (Å²) in [5.74, 6) is -0.0630. The van der Waals surface area contributed by atoms with E-state index in [1.165, 1.54) is 36.8 Å². The molecule has 0 atom stereocenters. The van der Waals surface area contributed by atoms with Crippen LogP contribution in [0.1, 0.15) is 20.9 Å². The van der Waals surface area contributed by atoms with Crippen molar-refractivity contribution < 1.29 is 18.7 Å². The lowest BCUT2D eigenvalue weighted by atomic mass is 10.2. The predicted molar refractivity (Wildman–Crippen MR) is 107 cm³/mol. The number of nitrogens with one attached hydrogen (secondary N) is 1. The second-order valence-corrected chi connectivity index (χ2v) is 6.73. The maximum atomic E-state index is 13.7. The molecule has 0 spiro atoms. The fourth-order valence-corrected chi connectivity index (χ4v) is 3.51. The Kier molecular flexibility index (Phi) is 6.00. The topological polar surface area (TPSA) is 72.8 Å². The van der Waals surface area contributed by atoms with Crippen LogP contribution in [0, 0.1) is 12.7 Å². The van der Waals surface area contributed by atoms with Crippen molar-refractivity contribution in [3.05, 3.63) is 64.4 Å². The minimum Gasteiger partial charge on any atom is -0.496 e. The standard InChI is InChI=1S/C20H18FN3O3S/c1-12-18(28-20(23-12)14-6-4-5-7-16(14)26-2)19(25)24-22-11-13-8-9-17(27-3)15(21)10-13/h4-11H,1-3H3,(H,24,25). The van der Waals surface area contributed by atoms with E-state index in [4.69, 9.17) is 9.47 Å². The van der Waals surface area contributed by atoms with E-state index in [0.29, 0.717) is 26.9 Å². The molecule has 0 fully saturated rings. The van der Waals surface area contributed by atoms with Gasteiger partial charge in [-0.15, -0.1) is 11.3 Å². The number of thiazole rings is 1. The van der Waals surface area contributed by atoms with Crippen molar-refractivity contribution in [1.82, 2.24) is 10.4 Å². The minimum absolute atomic E-state index is 0.144. The zero-order chi connectivity index (χ0) is 20.1. The average Bonchev–Trinajstić information content (AvgIpc) is 3.09. The molecule has 0 unspecified atom stereocenters. The summed E-state index contributed by atoms with van der Waals surface area (Å²) in [4.78, 5) is 17.4. The van der Waals surface area contributed by atoms with Crippen LogP contribution in [0.5, 0.6) is 11.5 Å². The number of carbonyl (C=O) groups excluding carboxylic acids is 1. The monoisotopic (exact) mass is 399 g/mol. The van der Waals surface area contributed by atoms with E-state index in [2.05, 4.69) is 15.5 Å². The van der Waals surface area contributed by atoms with Gasteiger partial charge >= 0.3 is 0 Å². The number of methoxy groups -OCH3 is 2. The van der Waals surface area contributed by atoms with Gasteiger partial charge in [-0.3, -0.25) is 4.79 Å². The van der Waals surface area contributed by atoms with Gasteiger partial charge in [0.2, 0.25) is 0 Å². The summed E-state index contributed by atoms with van der Waals surface area (Å²) in [6, 6.07) is 11.9. The Bertz CT molecular complexity index is 1030. The third-order valence-corrected chi connectivity index (χ3v) is 5.09. The molecule has 1 heterocycles. The SMILES string of the molecule is COc1ccc(C=NNC(=O)c2sc(-c3ccccc3OC)nc2C)cc1F. The third-order valence-electron chi connectivity index (χ3n) is 3.90. The lowest BCUT2D eigenvalue weighted by Gasteiger charge is -2.04. The van der Waals surface area contributed by atoms with Crippen molar-refractivity contribution in [2.24, 2.45) is 5.10 Å². The van der Waals surface area contributed by atoms with Gasteiger partial charge in [0.05, 0.1) is 31.7 Å². The molecule has 1 aromatic heterocycles. The average molecular weight is 399 g/mol. The van der Waals surface area contributed by atoms with Crippen molar-refractivity contribution in [2.45, 2.75) is 6.92 Å². The molecule has 0 saturated carbocycles. The molecule has 1 N–H and O–H groups in total. The lowest BCUT2D eigenvalue weighted by molar-refractivity contribution is 0.0958. The van der Waals surface area contributed by atoms with Crippen LogP contribution in [0.3, 0.4) is 0 Å². The summed E-state index contributed by atoms with van der Waals surface area (Å²) in [5.41, 5.74) is 4.35. The van der Waals surface area contributed by atoms with Crippen LogP contribution < -0.4 is 14.9 Å². The molecule has 0 bridgehead atoms. The largest absolute Gasteiger partial charge is 0.496 e. The normalized spacial score (nSPS) is 10.9. The predicted octanol–water partition coefficient (Wildman–Crippen LogP) is 4.04. The molecule has 6 nitrogen and oxygen atoms in total. The van der Waals surface area contributed by atoms with Crippen LogP contribution in [0.15, 0.2) is 47.6 Å². The number of benzene rings is 2. The Morgan fingerprint density at radius 3 is 2.64 bits per heavy atom. The van der Waals surface area contributed by atoms with Crippen molar-refractivity contribution in [1.29, 1.82) is 0 Å². The van der Waals surface area contributed by atoms with Gasteiger partial charge in [-0.2, -0.15) is 5.10 Å². The van der Waals surface area contributed by atoms with E-state index in [1.54, 1.807) is 20.1 Å². The molecule has 0 aliphatic rings. The number of nitrogens with zero attached hydrogens (tertiary/aromatic N) is 2. The number of rotatable bonds is 6. The molecule has 3 rings (SSSR count). The van der Waals surface area contributed by atoms with E-state index >= 15 is 0 Å². The zero-order valence-corrected chi connectivity index (χ0v) is 16.3. The first-order chi connectivity index (χ1) is 13.5. The molecule has 8 heteroatoms. The van der Waals surface area contributed by atoms with Crippen LogP contribution in [-0.2, 0) is 0 Å². The quantitative estimate of drug-likeness (QED) is 0.502. The number of halogens is 1. The molecular weight excluding hydrogens is 381 g/mol. The molecular formula is C20H18FN3O3S. The number of hydrogen-bond donors (Lipinski definition) is 1. The van der Waals surface area contributed by atoms with Crippen LogP contribution in [-0.4, -0.2) is 31.3 Å². The minimum atomic E-state index is -0.502. The van der Waals surface area contributed by atoms with E-state index in [9.17, 15) is 9.18 Å². The number of ether oxygens (including phenoxy) is 2. The summed E-state index contributed by atoms with van der Waals surface area (Å²) >= 11 is 1.25. The second-order valence-electron chi connectivity index (χ2n) is 5.73. The number of carbonyl (C=O) groups is 1. The Balaban J connectivity index is 1.75. The van der Waals surface area contributed by atoms with Crippen LogP contribution in [0.2, 0.25) is 0 Å². The first kappa shape index (κ1) is 19.5. The summed E-state index contributed by atoms with van der Waals surface area (Å²) in [5, 5.41) is 4.58. The molecule has 0 aliphatic carbocycles. The summed E-state index contributed by atoms with van der Waals surface area (Å²) in [7, 11) is 2.98. The molecule has 28 heavy (non-hydrogen) atoms. The Labute approximate surface area is 165 Å². The highest BCUT2D eigenvalue weighted by Crippen LogP contribution is 2.34. The van der Waals surface area contributed by atoms with Gasteiger partial charge in [0, 0.05) is 0 Å². The Hall–Kier alpha value is -3.26. The number of aryl methyl sites for hydroxylation is 1. The van der Waals surface area contributed by atoms with Gasteiger partial charge in [-0.25, -0.2) is 14.8 Å². The van der Waals surface area contributed by atoms with Gasteiger partial charge in [-0.1, -0.05) is 12.1 Å². The Morgan fingerprint density at radius 2 is 1.93 bits per heavy atom. The van der Waals surface area contributed by atoms with E-state index in [0.717, 1.165) is 5.56 Å². The molecule has 0 saturated heterocycles. The molecule has 1 amide bonds. The highest BCUT2D eigenvalue weighted by molar-refractivity contribution is 7.17. The number of amides is 1. The smallest absolute Gasteiger partial charge is 0.283 e. The van der Waals surface area contributed by atoms with E-state index in [-0.39, 0.29) is 11.7 Å². The highest BCUT2D eigenvalue weighted by atomic mass is 32.1. The van der Waals surface area contributed by atoms with Crippen LogP contribution in [0.4, 0.5) is 4.39 Å². The van der Waals surface area contributed by atoms with Crippen LogP contribution >= 0.6 is 11.3 Å². The van der Waals surface area contributed by atoms with E-state index in [1.807, 2.05) is 24.3 Å². The van der Waals surface area contributed by atoms with Crippen LogP contribution in [0.25, 0.3) is 10.6 Å². The molecule has 0 radical (unpaired) electrons. The van der Waals surface area contributed by atoms with Crippen molar-refractivity contribution in [3.63, 3.8) is 0 Å². The maximum Gasteiger partial charge on any atom is 0.283 e. The third kappa shape index (κ3) is 4.17. The second kappa shape index (κ2) is 8.62. The number of hydrogen-bond acceptors (Lipinski definition) is 6. The maximum absolute atomic E-state index is 13.7. The molecule has 144 valence electrons. The summed E-state index contributed by atoms with van der Waals surface area (Å²) in [6.07, 6.45) is 1.36. The number of aromatic nitrogens is 1. The van der Waals surface area contributed by atoms with Gasteiger partial charge in [0.1, 0.15) is 15.6 Å². The fourth-order valence-electron chi connectivity index (χ4n) is 2.52. The molecule has 0 aliphatic heterocycles. The van der Waals surface area contributed by atoms with Gasteiger partial charge in [0.25, 0.3) is 5.91 Å². The van der Waals surface area contributed by atoms with Gasteiger partial charge < -0.3 is 9.47 Å². The fraction of sp³-hybridized carbons (Fsp3) is 0.150. The van der Waals surface area contributed by atoms with Gasteiger partial charge in [0.15, 0.2) is 11.6 Å². The summed E-state index contributed by atoms with van der Waals surface area (Å²) in [6.45, 7) is 1.76. The first-order valence-electron chi connectivity index (χ1n) is 8.31. The molecule has 2 aromatic carbocycles. The van der Waals surface area contributed by atoms with Gasteiger partial charge in [-0.05, 0) is 42.8 Å². The highest BCUT2D eigenvalue weighted by Gasteiger charge is 2.17. The Morgan fingerprint density at radius 1 is 1.18 bits per heavy atom. The zero-order valence-electron chi connectivity index (χ0n) is 15.5. The van der Waals surface area contributed by atoms with E-state index < -0.39 is 5.82 Å². The lowest BCUT2D eigenvalue weighted by Crippen LogP contribution is -2.17. The number of para-hydroxylation sites is 1. The first-order valence-corrected chi connectivity index (χ1v) is 9.13. The van der Waals surface area contributed by atoms with Crippen molar-refractivity contribution in [3.8, 4) is 22.1 Å². The molecule has 3 aromatic rings. The van der Waals surface area contributed by atoms with Crippen molar-refractivity contribution >= 4 is 23.5 Å². The number of hydrazone groups is 1. The van der Waals surface area contributed by atoms with Crippen molar-refractivity contribution in [2.75, 3.05) is 14.2 Å².